The van der Waals surface area contributed by atoms with Crippen molar-refractivity contribution >= 4 is 0 Å². The zero-order valence-electron chi connectivity index (χ0n) is 47.1. The Morgan fingerprint density at radius 2 is 0.493 bits per heavy atom. The number of rotatable bonds is 62. The lowest BCUT2D eigenvalue weighted by atomic mass is 10.0. The number of nitrogens with two attached hydrogens (primary N) is 1. The van der Waals surface area contributed by atoms with Gasteiger partial charge in [0.05, 0.1) is 0 Å². The smallest absolute Gasteiger partial charge is 0.0220 e. The van der Waals surface area contributed by atoms with E-state index in [9.17, 15) is 0 Å². The van der Waals surface area contributed by atoms with Crippen molar-refractivity contribution in [2.45, 2.75) is 341 Å². The SMILES string of the molecule is CCCCCCCCCCCCCCCCCCC(CNCCNCCNCCN)N(CCCCCCCCCCCCCCCCCC)CCCCCCCCCCCCCCCCCC. The van der Waals surface area contributed by atoms with Crippen LogP contribution >= 0.6 is 0 Å². The number of hydrogen-bond donors (Lipinski definition) is 4. The van der Waals surface area contributed by atoms with Crippen molar-refractivity contribution in [2.75, 3.05) is 58.9 Å². The molecule has 0 bridgehead atoms. The minimum absolute atomic E-state index is 0.686. The molecule has 0 fully saturated rings. The average Bonchev–Trinajstić information content (AvgIpc) is 3.34. The Morgan fingerprint density at radius 3 is 0.761 bits per heavy atom. The lowest BCUT2D eigenvalue weighted by Crippen LogP contribution is -2.45. The molecule has 0 spiro atoms. The highest BCUT2D eigenvalue weighted by Gasteiger charge is 2.18. The third-order valence-electron chi connectivity index (χ3n) is 15.2. The average molecular weight is 947 g/mol. The summed E-state index contributed by atoms with van der Waals surface area (Å²) in [6.45, 7) is 16.5. The van der Waals surface area contributed by atoms with Crippen molar-refractivity contribution in [3.8, 4) is 0 Å². The van der Waals surface area contributed by atoms with Crippen molar-refractivity contribution in [1.29, 1.82) is 0 Å². The van der Waals surface area contributed by atoms with E-state index >= 15 is 0 Å². The van der Waals surface area contributed by atoms with Crippen LogP contribution in [0.15, 0.2) is 0 Å². The number of unbranched alkanes of at least 4 members (excludes halogenated alkanes) is 45. The maximum atomic E-state index is 5.66. The molecule has 1 atom stereocenters. The Hall–Kier alpha value is -0.200. The molecule has 0 radical (unpaired) electrons. The first kappa shape index (κ1) is 66.8. The molecule has 5 heteroatoms. The van der Waals surface area contributed by atoms with E-state index in [0.29, 0.717) is 6.04 Å². The van der Waals surface area contributed by atoms with Crippen molar-refractivity contribution in [1.82, 2.24) is 20.9 Å². The van der Waals surface area contributed by atoms with Gasteiger partial charge in [-0.2, -0.15) is 0 Å². The summed E-state index contributed by atoms with van der Waals surface area (Å²) >= 11 is 0. The van der Waals surface area contributed by atoms with E-state index in [1.807, 2.05) is 0 Å². The second kappa shape index (κ2) is 61.9. The van der Waals surface area contributed by atoms with Gasteiger partial charge in [0, 0.05) is 51.9 Å². The van der Waals surface area contributed by atoms with Crippen LogP contribution in [0.2, 0.25) is 0 Å². The summed E-state index contributed by atoms with van der Waals surface area (Å²) < 4.78 is 0. The fourth-order valence-corrected chi connectivity index (χ4v) is 10.5. The molecular formula is C62H131N5. The van der Waals surface area contributed by atoms with E-state index in [2.05, 4.69) is 41.6 Å². The van der Waals surface area contributed by atoms with Gasteiger partial charge in [-0.15, -0.1) is 0 Å². The van der Waals surface area contributed by atoms with Crippen LogP contribution in [-0.2, 0) is 0 Å². The molecule has 0 aromatic carbocycles. The second-order valence-corrected chi connectivity index (χ2v) is 21.9. The molecule has 0 aromatic heterocycles. The van der Waals surface area contributed by atoms with Crippen LogP contribution in [0.25, 0.3) is 0 Å². The molecule has 404 valence electrons. The minimum Gasteiger partial charge on any atom is -0.329 e. The third kappa shape index (κ3) is 56.6. The molecule has 5 N–H and O–H groups in total. The molecule has 0 aromatic rings. The molecule has 0 aliphatic carbocycles. The summed E-state index contributed by atoms with van der Waals surface area (Å²) in [6, 6.07) is 0.686. The highest BCUT2D eigenvalue weighted by atomic mass is 15.2. The maximum absolute atomic E-state index is 5.66. The first-order valence-corrected chi connectivity index (χ1v) is 31.9. The summed E-state index contributed by atoms with van der Waals surface area (Å²) in [5.41, 5.74) is 5.66. The van der Waals surface area contributed by atoms with E-state index in [4.69, 9.17) is 5.73 Å². The number of nitrogens with zero attached hydrogens (tertiary/aromatic N) is 1. The molecule has 0 aliphatic heterocycles. The highest BCUT2D eigenvalue weighted by Crippen LogP contribution is 2.20. The molecule has 67 heavy (non-hydrogen) atoms. The molecule has 0 saturated carbocycles. The Labute approximate surface area is 425 Å². The lowest BCUT2D eigenvalue weighted by molar-refractivity contribution is 0.171. The van der Waals surface area contributed by atoms with Gasteiger partial charge in [-0.1, -0.05) is 316 Å². The molecule has 5 nitrogen and oxygen atoms in total. The minimum atomic E-state index is 0.686. The monoisotopic (exact) mass is 946 g/mol. The predicted molar refractivity (Wildman–Crippen MR) is 306 cm³/mol. The molecule has 0 aliphatic rings. The summed E-state index contributed by atoms with van der Waals surface area (Å²) in [5.74, 6) is 0. The number of hydrogen-bond acceptors (Lipinski definition) is 5. The molecule has 0 heterocycles. The van der Waals surface area contributed by atoms with Gasteiger partial charge >= 0.3 is 0 Å². The fourth-order valence-electron chi connectivity index (χ4n) is 10.5. The standard InChI is InChI=1S/C62H131N5/c1-4-7-10-13-16-19-22-25-28-31-34-37-40-43-46-49-52-62(61-66-58-57-65-56-55-64-54-53-63)67(59-50-47-44-41-38-35-32-29-26-23-20-17-14-11-8-5-2)60-51-48-45-42-39-36-33-30-27-24-21-18-15-12-9-6-3/h62,64-66H,4-61,63H2,1-3H3. The normalized spacial score (nSPS) is 12.3. The third-order valence-corrected chi connectivity index (χ3v) is 15.2. The Balaban J connectivity index is 4.79. The molecule has 0 saturated heterocycles. The lowest BCUT2D eigenvalue weighted by Gasteiger charge is -2.32. The van der Waals surface area contributed by atoms with Crippen LogP contribution in [0.1, 0.15) is 335 Å². The van der Waals surface area contributed by atoms with Gasteiger partial charge in [0.15, 0.2) is 0 Å². The van der Waals surface area contributed by atoms with Crippen LogP contribution in [0.3, 0.4) is 0 Å². The van der Waals surface area contributed by atoms with Gasteiger partial charge in [0.2, 0.25) is 0 Å². The predicted octanol–water partition coefficient (Wildman–Crippen LogP) is 18.6. The van der Waals surface area contributed by atoms with Crippen LogP contribution in [0.4, 0.5) is 0 Å². The van der Waals surface area contributed by atoms with Crippen LogP contribution in [0, 0.1) is 0 Å². The molecule has 1 unspecified atom stereocenters. The first-order chi connectivity index (χ1) is 33.3. The summed E-state index contributed by atoms with van der Waals surface area (Å²) in [4.78, 5) is 2.98. The molecule has 0 amide bonds. The number of nitrogens with one attached hydrogen (secondary N) is 3. The largest absolute Gasteiger partial charge is 0.329 e. The Kier molecular flexibility index (Phi) is 61.7. The van der Waals surface area contributed by atoms with Crippen LogP contribution in [0.5, 0.6) is 0 Å². The zero-order chi connectivity index (χ0) is 48.3. The van der Waals surface area contributed by atoms with Gasteiger partial charge < -0.3 is 21.7 Å². The quantitative estimate of drug-likeness (QED) is 0.0458. The Morgan fingerprint density at radius 1 is 0.269 bits per heavy atom. The van der Waals surface area contributed by atoms with E-state index in [1.54, 1.807) is 0 Å². The van der Waals surface area contributed by atoms with Gasteiger partial charge in [-0.3, -0.25) is 4.90 Å². The van der Waals surface area contributed by atoms with E-state index in [1.165, 1.54) is 328 Å². The first-order valence-electron chi connectivity index (χ1n) is 31.9. The Bertz CT molecular complexity index is 803. The van der Waals surface area contributed by atoms with Gasteiger partial charge in [-0.05, 0) is 32.4 Å². The second-order valence-electron chi connectivity index (χ2n) is 21.9. The topological polar surface area (TPSA) is 65.3 Å². The fraction of sp³-hybridized carbons (Fsp3) is 1.00. The van der Waals surface area contributed by atoms with E-state index in [-0.39, 0.29) is 0 Å². The van der Waals surface area contributed by atoms with E-state index in [0.717, 1.165) is 45.8 Å². The van der Waals surface area contributed by atoms with Crippen molar-refractivity contribution in [3.05, 3.63) is 0 Å². The highest BCUT2D eigenvalue weighted by molar-refractivity contribution is 4.76. The summed E-state index contributed by atoms with van der Waals surface area (Å²) in [5, 5.41) is 11.0. The van der Waals surface area contributed by atoms with E-state index < -0.39 is 0 Å². The van der Waals surface area contributed by atoms with Gasteiger partial charge in [0.1, 0.15) is 0 Å². The maximum Gasteiger partial charge on any atom is 0.0220 e. The summed E-state index contributed by atoms with van der Waals surface area (Å²) in [7, 11) is 0. The molecule has 0 rings (SSSR count). The summed E-state index contributed by atoms with van der Waals surface area (Å²) in [6.07, 6.45) is 71.0. The molecular weight excluding hydrogens is 815 g/mol. The van der Waals surface area contributed by atoms with Gasteiger partial charge in [-0.25, -0.2) is 0 Å². The van der Waals surface area contributed by atoms with Crippen LogP contribution < -0.4 is 21.7 Å². The zero-order valence-corrected chi connectivity index (χ0v) is 47.1. The van der Waals surface area contributed by atoms with Gasteiger partial charge in [0.25, 0.3) is 0 Å². The van der Waals surface area contributed by atoms with Crippen LogP contribution in [-0.4, -0.2) is 69.8 Å². The van der Waals surface area contributed by atoms with Crippen molar-refractivity contribution in [3.63, 3.8) is 0 Å². The van der Waals surface area contributed by atoms with Crippen molar-refractivity contribution in [2.24, 2.45) is 5.73 Å². The van der Waals surface area contributed by atoms with Crippen molar-refractivity contribution < 1.29 is 0 Å².